The summed E-state index contributed by atoms with van der Waals surface area (Å²) < 4.78 is 18.5. The zero-order valence-electron chi connectivity index (χ0n) is 14.8. The molecule has 2 amide bonds. The van der Waals surface area contributed by atoms with Gasteiger partial charge in [0.2, 0.25) is 0 Å². The van der Waals surface area contributed by atoms with Crippen LogP contribution in [0.25, 0.3) is 0 Å². The van der Waals surface area contributed by atoms with Gasteiger partial charge >= 0.3 is 6.03 Å². The second-order valence-corrected chi connectivity index (χ2v) is 6.87. The fraction of sp³-hybridized carbons (Fsp3) is 0.632. The normalized spacial score (nSPS) is 21.5. The summed E-state index contributed by atoms with van der Waals surface area (Å²) >= 11 is 0. The maximum absolute atomic E-state index is 13.2. The van der Waals surface area contributed by atoms with Crippen molar-refractivity contribution in [2.75, 3.05) is 45.9 Å². The summed E-state index contributed by atoms with van der Waals surface area (Å²) in [5.41, 5.74) is 0.973. The quantitative estimate of drug-likeness (QED) is 0.802. The van der Waals surface area contributed by atoms with E-state index in [0.717, 1.165) is 70.6 Å². The summed E-state index contributed by atoms with van der Waals surface area (Å²) in [4.78, 5) is 16.9. The van der Waals surface area contributed by atoms with Crippen LogP contribution in [-0.4, -0.2) is 67.8 Å². The highest BCUT2D eigenvalue weighted by Crippen LogP contribution is 2.19. The average molecular weight is 349 g/mol. The van der Waals surface area contributed by atoms with Crippen LogP contribution in [0, 0.1) is 5.82 Å². The van der Waals surface area contributed by atoms with E-state index < -0.39 is 0 Å². The lowest BCUT2D eigenvalue weighted by molar-refractivity contribution is 0.0292. The fourth-order valence-corrected chi connectivity index (χ4v) is 3.66. The monoisotopic (exact) mass is 349 g/mol. The van der Waals surface area contributed by atoms with Crippen molar-refractivity contribution in [2.45, 2.75) is 31.7 Å². The van der Waals surface area contributed by atoms with E-state index in [9.17, 15) is 9.18 Å². The molecule has 2 heterocycles. The lowest BCUT2D eigenvalue weighted by atomic mass is 10.1. The first-order valence-corrected chi connectivity index (χ1v) is 9.31. The van der Waals surface area contributed by atoms with Gasteiger partial charge in [0.25, 0.3) is 0 Å². The maximum Gasteiger partial charge on any atom is 0.317 e. The first-order valence-electron chi connectivity index (χ1n) is 9.31. The number of nitrogens with zero attached hydrogens (tertiary/aromatic N) is 2. The van der Waals surface area contributed by atoms with Gasteiger partial charge in [-0.05, 0) is 43.4 Å². The average Bonchev–Trinajstić information content (AvgIpc) is 3.08. The summed E-state index contributed by atoms with van der Waals surface area (Å²) in [5.74, 6) is -0.204. The van der Waals surface area contributed by atoms with E-state index in [2.05, 4.69) is 10.2 Å². The van der Waals surface area contributed by atoms with Crippen molar-refractivity contribution < 1.29 is 13.9 Å². The molecular weight excluding hydrogens is 321 g/mol. The number of likely N-dealkylation sites (tertiary alicyclic amines) is 1. The molecule has 1 atom stereocenters. The second-order valence-electron chi connectivity index (χ2n) is 6.87. The molecule has 0 saturated carbocycles. The number of carbonyl (C=O) groups is 1. The van der Waals surface area contributed by atoms with Crippen LogP contribution in [0.2, 0.25) is 0 Å². The Labute approximate surface area is 149 Å². The highest BCUT2D eigenvalue weighted by atomic mass is 19.1. The van der Waals surface area contributed by atoms with Crippen LogP contribution in [0.1, 0.15) is 24.8 Å². The number of hydrogen-bond acceptors (Lipinski definition) is 3. The van der Waals surface area contributed by atoms with E-state index in [1.54, 1.807) is 12.1 Å². The topological polar surface area (TPSA) is 44.8 Å². The Morgan fingerprint density at radius 2 is 2.12 bits per heavy atom. The SMILES string of the molecule is O=C(NCCCc1cccc(F)c1)N1CCC[C@@H]1CN1CCOCC1. The van der Waals surface area contributed by atoms with Gasteiger partial charge < -0.3 is 15.0 Å². The highest BCUT2D eigenvalue weighted by molar-refractivity contribution is 5.74. The van der Waals surface area contributed by atoms with Gasteiger partial charge in [0.15, 0.2) is 0 Å². The van der Waals surface area contributed by atoms with Crippen LogP contribution in [-0.2, 0) is 11.2 Å². The number of hydrogen-bond donors (Lipinski definition) is 1. The van der Waals surface area contributed by atoms with Crippen molar-refractivity contribution in [1.29, 1.82) is 0 Å². The molecule has 0 unspecified atom stereocenters. The van der Waals surface area contributed by atoms with Crippen molar-refractivity contribution in [2.24, 2.45) is 0 Å². The molecule has 0 bridgehead atoms. The second kappa shape index (κ2) is 9.15. The number of carbonyl (C=O) groups excluding carboxylic acids is 1. The van der Waals surface area contributed by atoms with Gasteiger partial charge in [-0.3, -0.25) is 4.90 Å². The number of benzene rings is 1. The molecule has 2 aliphatic rings. The Morgan fingerprint density at radius 1 is 1.28 bits per heavy atom. The van der Waals surface area contributed by atoms with Crippen LogP contribution in [0.5, 0.6) is 0 Å². The van der Waals surface area contributed by atoms with Crippen molar-refractivity contribution >= 4 is 6.03 Å². The summed E-state index contributed by atoms with van der Waals surface area (Å²) in [6.45, 7) is 5.90. The molecule has 6 heteroatoms. The standard InChI is InChI=1S/C19H28FN3O2/c20-17-6-1-4-16(14-17)5-2-8-21-19(24)23-9-3-7-18(23)15-22-10-12-25-13-11-22/h1,4,6,14,18H,2-3,5,7-13,15H2,(H,21,24)/t18-/m1/s1. The van der Waals surface area contributed by atoms with Gasteiger partial charge in [-0.2, -0.15) is 0 Å². The minimum atomic E-state index is -0.204. The minimum absolute atomic E-state index is 0.0370. The smallest absolute Gasteiger partial charge is 0.317 e. The summed E-state index contributed by atoms with van der Waals surface area (Å²) in [6, 6.07) is 7.00. The van der Waals surface area contributed by atoms with Crippen LogP contribution < -0.4 is 5.32 Å². The van der Waals surface area contributed by atoms with Crippen molar-refractivity contribution in [3.63, 3.8) is 0 Å². The molecule has 0 aliphatic carbocycles. The maximum atomic E-state index is 13.2. The van der Waals surface area contributed by atoms with Crippen molar-refractivity contribution in [3.05, 3.63) is 35.6 Å². The van der Waals surface area contributed by atoms with E-state index >= 15 is 0 Å². The molecule has 5 nitrogen and oxygen atoms in total. The van der Waals surface area contributed by atoms with Gasteiger partial charge in [-0.25, -0.2) is 9.18 Å². The predicted octanol–water partition coefficient (Wildman–Crippen LogP) is 2.26. The fourth-order valence-electron chi connectivity index (χ4n) is 3.66. The van der Waals surface area contributed by atoms with E-state index in [1.807, 2.05) is 11.0 Å². The Hall–Kier alpha value is -1.66. The number of morpholine rings is 1. The number of halogens is 1. The Bertz CT molecular complexity index is 563. The van der Waals surface area contributed by atoms with E-state index in [-0.39, 0.29) is 11.8 Å². The van der Waals surface area contributed by atoms with Gasteiger partial charge in [-0.15, -0.1) is 0 Å². The molecule has 1 aromatic rings. The Balaban J connectivity index is 1.39. The molecule has 25 heavy (non-hydrogen) atoms. The lowest BCUT2D eigenvalue weighted by Crippen LogP contribution is -2.49. The van der Waals surface area contributed by atoms with Gasteiger partial charge in [-0.1, -0.05) is 12.1 Å². The highest BCUT2D eigenvalue weighted by Gasteiger charge is 2.30. The largest absolute Gasteiger partial charge is 0.379 e. The van der Waals surface area contributed by atoms with Gasteiger partial charge in [0, 0.05) is 38.8 Å². The third kappa shape index (κ3) is 5.41. The third-order valence-corrected chi connectivity index (χ3v) is 5.02. The van der Waals surface area contributed by atoms with Crippen LogP contribution in [0.3, 0.4) is 0 Å². The predicted molar refractivity (Wildman–Crippen MR) is 95.1 cm³/mol. The van der Waals surface area contributed by atoms with Crippen LogP contribution in [0.15, 0.2) is 24.3 Å². The Morgan fingerprint density at radius 3 is 2.92 bits per heavy atom. The van der Waals surface area contributed by atoms with E-state index in [4.69, 9.17) is 4.74 Å². The lowest BCUT2D eigenvalue weighted by Gasteiger charge is -2.32. The van der Waals surface area contributed by atoms with Crippen LogP contribution in [0.4, 0.5) is 9.18 Å². The molecular formula is C19H28FN3O2. The van der Waals surface area contributed by atoms with Crippen molar-refractivity contribution in [3.8, 4) is 0 Å². The number of nitrogens with one attached hydrogen (secondary N) is 1. The van der Waals surface area contributed by atoms with Crippen LogP contribution >= 0.6 is 0 Å². The molecule has 1 aromatic carbocycles. The molecule has 1 N–H and O–H groups in total. The number of aryl methyl sites for hydroxylation is 1. The zero-order chi connectivity index (χ0) is 17.5. The molecule has 2 aliphatic heterocycles. The molecule has 0 aromatic heterocycles. The third-order valence-electron chi connectivity index (χ3n) is 5.02. The molecule has 138 valence electrons. The molecule has 2 saturated heterocycles. The number of ether oxygens (including phenoxy) is 1. The number of rotatable bonds is 6. The van der Waals surface area contributed by atoms with Gasteiger partial charge in [0.05, 0.1) is 13.2 Å². The minimum Gasteiger partial charge on any atom is -0.379 e. The zero-order valence-corrected chi connectivity index (χ0v) is 14.8. The summed E-state index contributed by atoms with van der Waals surface area (Å²) in [5, 5.41) is 3.03. The molecule has 0 spiro atoms. The summed E-state index contributed by atoms with van der Waals surface area (Å²) in [7, 11) is 0. The first kappa shape index (κ1) is 18.1. The molecule has 0 radical (unpaired) electrons. The molecule has 2 fully saturated rings. The van der Waals surface area contributed by atoms with E-state index in [0.29, 0.717) is 12.6 Å². The first-order chi connectivity index (χ1) is 12.2. The summed E-state index contributed by atoms with van der Waals surface area (Å²) in [6.07, 6.45) is 3.74. The van der Waals surface area contributed by atoms with Gasteiger partial charge in [0.1, 0.15) is 5.82 Å². The van der Waals surface area contributed by atoms with Crippen molar-refractivity contribution in [1.82, 2.24) is 15.1 Å². The van der Waals surface area contributed by atoms with E-state index in [1.165, 1.54) is 6.07 Å². The Kier molecular flexibility index (Phi) is 6.64. The molecule has 3 rings (SSSR count). The number of urea groups is 1. The number of amides is 2.